The molecule has 0 N–H and O–H groups in total. The normalized spacial score (nSPS) is 18.1. The van der Waals surface area contributed by atoms with Gasteiger partial charge in [-0.15, -0.1) is 0 Å². The molecule has 1 heteroatoms. The van der Waals surface area contributed by atoms with E-state index in [-0.39, 0.29) is 0 Å². The minimum Gasteiger partial charge on any atom is -0.302 e. The monoisotopic (exact) mass is 189 g/mol. The second kappa shape index (κ2) is 4.61. The summed E-state index contributed by atoms with van der Waals surface area (Å²) < 4.78 is 0. The van der Waals surface area contributed by atoms with Crippen molar-refractivity contribution in [3.8, 4) is 0 Å². The fraction of sp³-hybridized carbons (Fsp3) is 0.538. The lowest BCUT2D eigenvalue weighted by atomic mass is 9.91. The van der Waals surface area contributed by atoms with Gasteiger partial charge in [-0.25, -0.2) is 0 Å². The number of likely N-dealkylation sites (tertiary alicyclic amines) is 1. The van der Waals surface area contributed by atoms with E-state index < -0.39 is 0 Å². The molecule has 1 aromatic rings. The molecule has 0 radical (unpaired) electrons. The molecule has 0 amide bonds. The van der Waals surface area contributed by atoms with Crippen LogP contribution in [0.4, 0.5) is 0 Å². The Balaban J connectivity index is 1.78. The van der Waals surface area contributed by atoms with E-state index in [2.05, 4.69) is 42.2 Å². The van der Waals surface area contributed by atoms with E-state index in [1.807, 2.05) is 0 Å². The average Bonchev–Trinajstić information content (AvgIpc) is 2.17. The standard InChI is InChI=1S/C13H19N/c1-2-3-9-14-10-13(11-14)12-7-5-4-6-8-12/h4-8,13H,2-3,9-11H2,1H3. The van der Waals surface area contributed by atoms with Crippen LogP contribution in [0.2, 0.25) is 0 Å². The first-order chi connectivity index (χ1) is 6.90. The Bertz CT molecular complexity index is 262. The molecule has 0 bridgehead atoms. The third-order valence-electron chi connectivity index (χ3n) is 3.06. The highest BCUT2D eigenvalue weighted by Crippen LogP contribution is 2.26. The van der Waals surface area contributed by atoms with Gasteiger partial charge in [0.05, 0.1) is 0 Å². The summed E-state index contributed by atoms with van der Waals surface area (Å²) in [5.41, 5.74) is 1.51. The van der Waals surface area contributed by atoms with Crippen LogP contribution in [0.25, 0.3) is 0 Å². The zero-order valence-corrected chi connectivity index (χ0v) is 8.95. The minimum atomic E-state index is 0.799. The van der Waals surface area contributed by atoms with Gasteiger partial charge in [-0.2, -0.15) is 0 Å². The third-order valence-corrected chi connectivity index (χ3v) is 3.06. The van der Waals surface area contributed by atoms with Crippen molar-refractivity contribution in [3.63, 3.8) is 0 Å². The van der Waals surface area contributed by atoms with Crippen molar-refractivity contribution in [2.75, 3.05) is 19.6 Å². The first kappa shape index (κ1) is 9.72. The number of unbranched alkanes of at least 4 members (excludes halogenated alkanes) is 1. The zero-order valence-electron chi connectivity index (χ0n) is 8.95. The summed E-state index contributed by atoms with van der Waals surface area (Å²) in [6, 6.07) is 10.9. The van der Waals surface area contributed by atoms with Crippen molar-refractivity contribution in [2.45, 2.75) is 25.7 Å². The van der Waals surface area contributed by atoms with Crippen LogP contribution in [-0.4, -0.2) is 24.5 Å². The van der Waals surface area contributed by atoms with Gasteiger partial charge < -0.3 is 4.90 Å². The quantitative estimate of drug-likeness (QED) is 0.704. The minimum absolute atomic E-state index is 0.799. The first-order valence-corrected chi connectivity index (χ1v) is 5.67. The predicted octanol–water partition coefficient (Wildman–Crippen LogP) is 2.89. The Morgan fingerprint density at radius 3 is 2.57 bits per heavy atom. The molecule has 76 valence electrons. The molecule has 14 heavy (non-hydrogen) atoms. The SMILES string of the molecule is CCCCN1CC(c2ccccc2)C1. The molecule has 1 fully saturated rings. The Kier molecular flexibility index (Phi) is 3.20. The Labute approximate surface area is 86.7 Å². The van der Waals surface area contributed by atoms with Crippen LogP contribution in [0.1, 0.15) is 31.2 Å². The highest BCUT2D eigenvalue weighted by molar-refractivity contribution is 5.22. The van der Waals surface area contributed by atoms with Crippen molar-refractivity contribution in [2.24, 2.45) is 0 Å². The van der Waals surface area contributed by atoms with Crippen LogP contribution in [0.5, 0.6) is 0 Å². The Morgan fingerprint density at radius 1 is 1.21 bits per heavy atom. The van der Waals surface area contributed by atoms with Gasteiger partial charge in [0.15, 0.2) is 0 Å². The van der Waals surface area contributed by atoms with Gasteiger partial charge in [0.25, 0.3) is 0 Å². The fourth-order valence-corrected chi connectivity index (χ4v) is 2.07. The van der Waals surface area contributed by atoms with Gasteiger partial charge in [0, 0.05) is 19.0 Å². The molecular formula is C13H19N. The summed E-state index contributed by atoms with van der Waals surface area (Å²) in [5, 5.41) is 0. The Hall–Kier alpha value is -0.820. The number of hydrogen-bond acceptors (Lipinski definition) is 1. The molecule has 1 heterocycles. The van der Waals surface area contributed by atoms with E-state index in [1.54, 1.807) is 0 Å². The van der Waals surface area contributed by atoms with E-state index in [1.165, 1.54) is 38.0 Å². The summed E-state index contributed by atoms with van der Waals surface area (Å²) in [7, 11) is 0. The van der Waals surface area contributed by atoms with Gasteiger partial charge in [0.1, 0.15) is 0 Å². The zero-order chi connectivity index (χ0) is 9.80. The molecule has 0 aromatic heterocycles. The summed E-state index contributed by atoms with van der Waals surface area (Å²) >= 11 is 0. The molecule has 2 rings (SSSR count). The number of nitrogens with zero attached hydrogens (tertiary/aromatic N) is 1. The predicted molar refractivity (Wildman–Crippen MR) is 60.5 cm³/mol. The maximum atomic E-state index is 2.56. The molecule has 1 aliphatic rings. The molecule has 1 aliphatic heterocycles. The van der Waals surface area contributed by atoms with Gasteiger partial charge in [-0.3, -0.25) is 0 Å². The van der Waals surface area contributed by atoms with E-state index in [9.17, 15) is 0 Å². The van der Waals surface area contributed by atoms with Crippen LogP contribution in [-0.2, 0) is 0 Å². The third kappa shape index (κ3) is 2.16. The maximum Gasteiger partial charge on any atom is 0.00936 e. The van der Waals surface area contributed by atoms with Crippen molar-refractivity contribution in [1.82, 2.24) is 4.90 Å². The topological polar surface area (TPSA) is 3.24 Å². The number of rotatable bonds is 4. The van der Waals surface area contributed by atoms with Crippen molar-refractivity contribution in [3.05, 3.63) is 35.9 Å². The second-order valence-corrected chi connectivity index (χ2v) is 4.22. The molecule has 0 unspecified atom stereocenters. The van der Waals surface area contributed by atoms with E-state index >= 15 is 0 Å². The lowest BCUT2D eigenvalue weighted by Gasteiger charge is -2.39. The molecule has 0 saturated carbocycles. The van der Waals surface area contributed by atoms with Crippen LogP contribution in [0.15, 0.2) is 30.3 Å². The van der Waals surface area contributed by atoms with Crippen molar-refractivity contribution in [1.29, 1.82) is 0 Å². The molecule has 1 nitrogen and oxygen atoms in total. The molecule has 1 aromatic carbocycles. The first-order valence-electron chi connectivity index (χ1n) is 5.67. The van der Waals surface area contributed by atoms with Crippen molar-refractivity contribution < 1.29 is 0 Å². The van der Waals surface area contributed by atoms with E-state index in [0.717, 1.165) is 5.92 Å². The van der Waals surface area contributed by atoms with Gasteiger partial charge in [-0.05, 0) is 18.5 Å². The lowest BCUT2D eigenvalue weighted by Crippen LogP contribution is -2.45. The lowest BCUT2D eigenvalue weighted by molar-refractivity contribution is 0.146. The summed E-state index contributed by atoms with van der Waals surface area (Å²) in [6.07, 6.45) is 2.66. The fourth-order valence-electron chi connectivity index (χ4n) is 2.07. The molecule has 0 atom stereocenters. The van der Waals surface area contributed by atoms with Crippen LogP contribution in [0.3, 0.4) is 0 Å². The molecule has 0 aliphatic carbocycles. The smallest absolute Gasteiger partial charge is 0.00936 e. The summed E-state index contributed by atoms with van der Waals surface area (Å²) in [5.74, 6) is 0.799. The maximum absolute atomic E-state index is 2.56. The van der Waals surface area contributed by atoms with Crippen molar-refractivity contribution >= 4 is 0 Å². The van der Waals surface area contributed by atoms with Crippen LogP contribution in [0, 0.1) is 0 Å². The van der Waals surface area contributed by atoms with Crippen LogP contribution < -0.4 is 0 Å². The summed E-state index contributed by atoms with van der Waals surface area (Å²) in [6.45, 7) is 6.09. The van der Waals surface area contributed by atoms with Gasteiger partial charge in [-0.1, -0.05) is 43.7 Å². The van der Waals surface area contributed by atoms with E-state index in [4.69, 9.17) is 0 Å². The van der Waals surface area contributed by atoms with E-state index in [0.29, 0.717) is 0 Å². The summed E-state index contributed by atoms with van der Waals surface area (Å²) in [4.78, 5) is 2.56. The van der Waals surface area contributed by atoms with Gasteiger partial charge >= 0.3 is 0 Å². The average molecular weight is 189 g/mol. The molecular weight excluding hydrogens is 170 g/mol. The number of benzene rings is 1. The molecule has 0 spiro atoms. The second-order valence-electron chi connectivity index (χ2n) is 4.22. The largest absolute Gasteiger partial charge is 0.302 e. The highest BCUT2D eigenvalue weighted by Gasteiger charge is 2.26. The van der Waals surface area contributed by atoms with Gasteiger partial charge in [0.2, 0.25) is 0 Å². The van der Waals surface area contributed by atoms with Crippen LogP contribution >= 0.6 is 0 Å². The molecule has 1 saturated heterocycles. The Morgan fingerprint density at radius 2 is 1.93 bits per heavy atom. The number of hydrogen-bond donors (Lipinski definition) is 0. The highest BCUT2D eigenvalue weighted by atomic mass is 15.2.